The van der Waals surface area contributed by atoms with Crippen molar-refractivity contribution in [2.24, 2.45) is 0 Å². The highest BCUT2D eigenvalue weighted by Gasteiger charge is 2.37. The van der Waals surface area contributed by atoms with Crippen molar-refractivity contribution in [3.8, 4) is 17.2 Å². The molecular formula is C30H28IN3O8. The van der Waals surface area contributed by atoms with Crippen molar-refractivity contribution in [2.75, 3.05) is 18.1 Å². The van der Waals surface area contributed by atoms with Gasteiger partial charge < -0.3 is 14.2 Å². The van der Waals surface area contributed by atoms with Gasteiger partial charge in [-0.05, 0) is 102 Å². The van der Waals surface area contributed by atoms with Gasteiger partial charge in [0, 0.05) is 12.1 Å². The third kappa shape index (κ3) is 7.24. The summed E-state index contributed by atoms with van der Waals surface area (Å²) in [6.07, 6.45) is 3.29. The summed E-state index contributed by atoms with van der Waals surface area (Å²) in [7, 11) is 0. The van der Waals surface area contributed by atoms with Gasteiger partial charge in [-0.2, -0.15) is 0 Å². The Labute approximate surface area is 255 Å². The maximum Gasteiger partial charge on any atom is 0.335 e. The lowest BCUT2D eigenvalue weighted by Gasteiger charge is -2.26. The van der Waals surface area contributed by atoms with Crippen molar-refractivity contribution < 1.29 is 33.5 Å². The normalized spacial score (nSPS) is 14.1. The summed E-state index contributed by atoms with van der Waals surface area (Å²) in [6.45, 7) is 4.88. The molecule has 0 radical (unpaired) electrons. The van der Waals surface area contributed by atoms with Crippen molar-refractivity contribution in [1.29, 1.82) is 0 Å². The van der Waals surface area contributed by atoms with Gasteiger partial charge in [-0.3, -0.25) is 25.0 Å². The standard InChI is InChI=1S/C30H28IN3O8/c1-3-5-14-41-23-12-10-21(11-13-23)33-29(36)24(28(35)32-30(33)37)15-20-16-25(31)27(26(17-20)40-4-2)42-18-19-6-8-22(9-7-19)34(38)39/h6-13,15-17H,3-5,14,18H2,1-2H3,(H,32,35,37)/b24-15-. The number of nitro groups is 1. The number of carbonyl (C=O) groups excluding carboxylic acids is 3. The molecule has 1 fully saturated rings. The van der Waals surface area contributed by atoms with E-state index in [1.165, 1.54) is 18.2 Å². The number of rotatable bonds is 12. The summed E-state index contributed by atoms with van der Waals surface area (Å²) in [6, 6.07) is 15.0. The third-order valence-electron chi connectivity index (χ3n) is 6.14. The van der Waals surface area contributed by atoms with Gasteiger partial charge in [-0.15, -0.1) is 0 Å². The van der Waals surface area contributed by atoms with Crippen molar-refractivity contribution in [1.82, 2.24) is 5.32 Å². The molecular weight excluding hydrogens is 657 g/mol. The lowest BCUT2D eigenvalue weighted by molar-refractivity contribution is -0.384. The van der Waals surface area contributed by atoms with Crippen LogP contribution in [-0.4, -0.2) is 36.0 Å². The number of barbiturate groups is 1. The molecule has 1 aliphatic heterocycles. The molecule has 42 heavy (non-hydrogen) atoms. The van der Waals surface area contributed by atoms with E-state index in [9.17, 15) is 24.5 Å². The fourth-order valence-electron chi connectivity index (χ4n) is 4.03. The minimum absolute atomic E-state index is 0.0178. The molecule has 3 aromatic carbocycles. The van der Waals surface area contributed by atoms with Crippen LogP contribution in [0.4, 0.5) is 16.2 Å². The zero-order valence-electron chi connectivity index (χ0n) is 22.9. The number of hydrogen-bond acceptors (Lipinski definition) is 8. The summed E-state index contributed by atoms with van der Waals surface area (Å²) in [5.74, 6) is -0.149. The predicted octanol–water partition coefficient (Wildman–Crippen LogP) is 6.02. The molecule has 0 atom stereocenters. The molecule has 3 aromatic rings. The number of ether oxygens (including phenoxy) is 3. The molecule has 1 aliphatic rings. The van der Waals surface area contributed by atoms with Crippen molar-refractivity contribution in [3.05, 3.63) is 91.0 Å². The first kappa shape index (κ1) is 30.5. The first-order valence-corrected chi connectivity index (χ1v) is 14.3. The molecule has 1 saturated heterocycles. The number of nitro benzene ring substituents is 1. The maximum absolute atomic E-state index is 13.4. The van der Waals surface area contributed by atoms with Crippen LogP contribution in [0.25, 0.3) is 6.08 Å². The second-order valence-electron chi connectivity index (χ2n) is 9.13. The molecule has 1 N–H and O–H groups in total. The Kier molecular flexibility index (Phi) is 10.1. The number of unbranched alkanes of at least 4 members (excludes halogenated alkanes) is 1. The zero-order chi connectivity index (χ0) is 30.2. The highest BCUT2D eigenvalue weighted by Crippen LogP contribution is 2.36. The Morgan fingerprint density at radius 2 is 1.69 bits per heavy atom. The van der Waals surface area contributed by atoms with E-state index in [0.717, 1.165) is 23.3 Å². The van der Waals surface area contributed by atoms with E-state index < -0.39 is 22.8 Å². The van der Waals surface area contributed by atoms with Crippen LogP contribution in [0.5, 0.6) is 17.2 Å². The van der Waals surface area contributed by atoms with Crippen LogP contribution >= 0.6 is 22.6 Å². The van der Waals surface area contributed by atoms with Gasteiger partial charge in [0.15, 0.2) is 11.5 Å². The van der Waals surface area contributed by atoms with Crippen molar-refractivity contribution >= 4 is 57.9 Å². The fourth-order valence-corrected chi connectivity index (χ4v) is 4.81. The first-order valence-electron chi connectivity index (χ1n) is 13.2. The van der Waals surface area contributed by atoms with E-state index in [1.54, 1.807) is 55.5 Å². The summed E-state index contributed by atoms with van der Waals surface area (Å²) < 4.78 is 18.1. The zero-order valence-corrected chi connectivity index (χ0v) is 25.1. The van der Waals surface area contributed by atoms with Crippen LogP contribution in [0.3, 0.4) is 0 Å². The SMILES string of the molecule is CCCCOc1ccc(N2C(=O)NC(=O)/C(=C/c3cc(I)c(OCc4ccc([N+](=O)[O-])cc4)c(OCC)c3)C2=O)cc1. The monoisotopic (exact) mass is 685 g/mol. The largest absolute Gasteiger partial charge is 0.494 e. The highest BCUT2D eigenvalue weighted by molar-refractivity contribution is 14.1. The number of nitrogens with one attached hydrogen (secondary N) is 1. The minimum atomic E-state index is -0.846. The molecule has 1 heterocycles. The summed E-state index contributed by atoms with van der Waals surface area (Å²) in [4.78, 5) is 50.1. The van der Waals surface area contributed by atoms with Gasteiger partial charge in [0.25, 0.3) is 17.5 Å². The summed E-state index contributed by atoms with van der Waals surface area (Å²) in [5.41, 5.74) is 1.25. The Hall–Kier alpha value is -4.46. The minimum Gasteiger partial charge on any atom is -0.494 e. The summed E-state index contributed by atoms with van der Waals surface area (Å²) >= 11 is 2.06. The number of halogens is 1. The predicted molar refractivity (Wildman–Crippen MR) is 164 cm³/mol. The van der Waals surface area contributed by atoms with E-state index in [-0.39, 0.29) is 17.9 Å². The van der Waals surface area contributed by atoms with Crippen LogP contribution in [0.15, 0.2) is 66.2 Å². The van der Waals surface area contributed by atoms with E-state index >= 15 is 0 Å². The molecule has 4 amide bonds. The second-order valence-corrected chi connectivity index (χ2v) is 10.3. The number of hydrogen-bond donors (Lipinski definition) is 1. The number of nitrogens with zero attached hydrogens (tertiary/aromatic N) is 2. The van der Waals surface area contributed by atoms with Crippen LogP contribution in [0, 0.1) is 13.7 Å². The number of imide groups is 2. The molecule has 0 spiro atoms. The number of benzene rings is 3. The lowest BCUT2D eigenvalue weighted by Crippen LogP contribution is -2.54. The number of non-ortho nitro benzene ring substituents is 1. The Balaban J connectivity index is 1.57. The maximum atomic E-state index is 13.4. The van der Waals surface area contributed by atoms with Gasteiger partial charge in [0.2, 0.25) is 0 Å². The van der Waals surface area contributed by atoms with Crippen molar-refractivity contribution in [2.45, 2.75) is 33.3 Å². The van der Waals surface area contributed by atoms with Crippen LogP contribution in [0.2, 0.25) is 0 Å². The number of urea groups is 1. The van der Waals surface area contributed by atoms with Crippen molar-refractivity contribution in [3.63, 3.8) is 0 Å². The average molecular weight is 685 g/mol. The molecule has 218 valence electrons. The summed E-state index contributed by atoms with van der Waals surface area (Å²) in [5, 5.41) is 13.1. The smallest absolute Gasteiger partial charge is 0.335 e. The van der Waals surface area contributed by atoms with E-state index in [4.69, 9.17) is 14.2 Å². The number of amides is 4. The first-order chi connectivity index (χ1) is 20.2. The quantitative estimate of drug-likeness (QED) is 0.0611. The highest BCUT2D eigenvalue weighted by atomic mass is 127. The van der Waals surface area contributed by atoms with Crippen LogP contribution in [-0.2, 0) is 16.2 Å². The van der Waals surface area contributed by atoms with Gasteiger partial charge in [-0.1, -0.05) is 13.3 Å². The van der Waals surface area contributed by atoms with Crippen LogP contribution in [0.1, 0.15) is 37.8 Å². The van der Waals surface area contributed by atoms with E-state index in [0.29, 0.717) is 45.3 Å². The van der Waals surface area contributed by atoms with E-state index in [2.05, 4.69) is 34.8 Å². The van der Waals surface area contributed by atoms with Crippen LogP contribution < -0.4 is 24.4 Å². The Bertz CT molecular complexity index is 1520. The van der Waals surface area contributed by atoms with Gasteiger partial charge in [-0.25, -0.2) is 9.69 Å². The molecule has 0 bridgehead atoms. The molecule has 11 nitrogen and oxygen atoms in total. The van der Waals surface area contributed by atoms with Gasteiger partial charge in [0.05, 0.1) is 27.4 Å². The molecule has 12 heteroatoms. The lowest BCUT2D eigenvalue weighted by atomic mass is 10.1. The number of carbonyl (C=O) groups is 3. The molecule has 0 aromatic heterocycles. The van der Waals surface area contributed by atoms with Gasteiger partial charge >= 0.3 is 6.03 Å². The number of anilines is 1. The fraction of sp³-hybridized carbons (Fsp3) is 0.233. The van der Waals surface area contributed by atoms with Gasteiger partial charge in [0.1, 0.15) is 17.9 Å². The van der Waals surface area contributed by atoms with E-state index in [1.807, 2.05) is 0 Å². The molecule has 0 saturated carbocycles. The molecule has 4 rings (SSSR count). The molecule has 0 aliphatic carbocycles. The topological polar surface area (TPSA) is 137 Å². The Morgan fingerprint density at radius 1 is 0.976 bits per heavy atom. The third-order valence-corrected chi connectivity index (χ3v) is 6.94. The molecule has 0 unspecified atom stereocenters. The second kappa shape index (κ2) is 13.9. The Morgan fingerprint density at radius 3 is 2.33 bits per heavy atom. The average Bonchev–Trinajstić information content (AvgIpc) is 2.96.